The molecule has 1 atom stereocenters. The van der Waals surface area contributed by atoms with E-state index in [1.165, 1.54) is 37.3 Å². The van der Waals surface area contributed by atoms with Crippen molar-refractivity contribution in [3.05, 3.63) is 58.9 Å². The maximum absolute atomic E-state index is 13.5. The van der Waals surface area contributed by atoms with Gasteiger partial charge in [-0.2, -0.15) is 0 Å². The molecule has 0 bridgehead atoms. The first kappa shape index (κ1) is 17.0. The molecule has 136 valence electrons. The molecule has 0 spiro atoms. The number of hydrogen-bond acceptors (Lipinski definition) is 4. The van der Waals surface area contributed by atoms with Crippen LogP contribution in [0, 0.1) is 18.7 Å². The second kappa shape index (κ2) is 7.06. The van der Waals surface area contributed by atoms with Crippen LogP contribution in [0.3, 0.4) is 0 Å². The van der Waals surface area contributed by atoms with E-state index >= 15 is 0 Å². The highest BCUT2D eigenvalue weighted by atomic mass is 19.1. The number of aromatic nitrogens is 2. The van der Waals surface area contributed by atoms with Crippen molar-refractivity contribution < 1.29 is 9.13 Å². The van der Waals surface area contributed by atoms with Crippen LogP contribution in [0.1, 0.15) is 48.4 Å². The zero-order chi connectivity index (χ0) is 18.1. The molecule has 1 unspecified atom stereocenters. The lowest BCUT2D eigenvalue weighted by molar-refractivity contribution is 0.232. The fourth-order valence-electron chi connectivity index (χ4n) is 4.19. The fraction of sp³-hybridized carbons (Fsp3) is 0.429. The summed E-state index contributed by atoms with van der Waals surface area (Å²) in [6.45, 7) is 1.75. The van der Waals surface area contributed by atoms with Crippen LogP contribution in [0.4, 0.5) is 16.0 Å². The molecular formula is C21H24FN3O. The van der Waals surface area contributed by atoms with Crippen molar-refractivity contribution in [3.63, 3.8) is 0 Å². The summed E-state index contributed by atoms with van der Waals surface area (Å²) >= 11 is 0. The van der Waals surface area contributed by atoms with Crippen LogP contribution in [0.25, 0.3) is 0 Å². The number of benzene rings is 1. The zero-order valence-corrected chi connectivity index (χ0v) is 15.3. The lowest BCUT2D eigenvalue weighted by Gasteiger charge is -2.29. The molecule has 0 amide bonds. The van der Waals surface area contributed by atoms with E-state index in [0.29, 0.717) is 17.4 Å². The number of fused-ring (bicyclic) bond motifs is 1. The van der Waals surface area contributed by atoms with Crippen LogP contribution < -0.4 is 5.32 Å². The lowest BCUT2D eigenvalue weighted by atomic mass is 9.81. The third kappa shape index (κ3) is 3.18. The largest absolute Gasteiger partial charge is 0.501 e. The Morgan fingerprint density at radius 3 is 2.77 bits per heavy atom. The van der Waals surface area contributed by atoms with Gasteiger partial charge in [0.1, 0.15) is 11.6 Å². The second-order valence-electron chi connectivity index (χ2n) is 7.23. The smallest absolute Gasteiger partial charge is 0.227 e. The Kier molecular flexibility index (Phi) is 4.62. The van der Waals surface area contributed by atoms with Gasteiger partial charge in [0.05, 0.1) is 18.7 Å². The number of anilines is 2. The van der Waals surface area contributed by atoms with E-state index in [0.717, 1.165) is 23.6 Å². The first-order valence-electron chi connectivity index (χ1n) is 9.28. The van der Waals surface area contributed by atoms with Gasteiger partial charge in [-0.05, 0) is 67.5 Å². The van der Waals surface area contributed by atoms with Gasteiger partial charge in [0.25, 0.3) is 0 Å². The van der Waals surface area contributed by atoms with E-state index in [9.17, 15) is 4.39 Å². The summed E-state index contributed by atoms with van der Waals surface area (Å²) in [6.07, 6.45) is 9.87. The molecule has 0 saturated heterocycles. The Balaban J connectivity index is 1.66. The summed E-state index contributed by atoms with van der Waals surface area (Å²) in [7, 11) is 1.75. The Morgan fingerprint density at radius 2 is 2.04 bits per heavy atom. The molecule has 2 aliphatic rings. The van der Waals surface area contributed by atoms with Gasteiger partial charge < -0.3 is 10.1 Å². The summed E-state index contributed by atoms with van der Waals surface area (Å²) in [5.41, 5.74) is 3.64. The standard InChI is InChI=1S/C21H24FN3O/c1-13-11-16(8-9-17(13)22)24-21-23-12-15-7-10-18(26-2)19(20(15)25-21)14-5-3-4-6-14/h8-12,14,19H,3-7H2,1-2H3,(H,23,24,25). The number of hydrogen-bond donors (Lipinski definition) is 1. The number of nitrogens with zero attached hydrogens (tertiary/aromatic N) is 2. The van der Waals surface area contributed by atoms with Crippen molar-refractivity contribution >= 4 is 11.6 Å². The summed E-state index contributed by atoms with van der Waals surface area (Å²) in [5.74, 6) is 2.17. The normalized spacial score (nSPS) is 19.8. The Labute approximate surface area is 153 Å². The molecule has 1 saturated carbocycles. The maximum Gasteiger partial charge on any atom is 0.227 e. The predicted octanol–water partition coefficient (Wildman–Crippen LogP) is 5.03. The van der Waals surface area contributed by atoms with Gasteiger partial charge in [0, 0.05) is 11.9 Å². The average molecular weight is 353 g/mol. The van der Waals surface area contributed by atoms with E-state index in [-0.39, 0.29) is 11.7 Å². The molecule has 1 fully saturated rings. The van der Waals surface area contributed by atoms with Gasteiger partial charge in [0.2, 0.25) is 5.95 Å². The topological polar surface area (TPSA) is 47.0 Å². The maximum atomic E-state index is 13.5. The molecular weight excluding hydrogens is 329 g/mol. The van der Waals surface area contributed by atoms with Gasteiger partial charge in [-0.15, -0.1) is 0 Å². The van der Waals surface area contributed by atoms with Gasteiger partial charge in [-0.1, -0.05) is 12.8 Å². The first-order chi connectivity index (χ1) is 12.7. The zero-order valence-electron chi connectivity index (χ0n) is 15.3. The fourth-order valence-corrected chi connectivity index (χ4v) is 4.19. The molecule has 1 aromatic heterocycles. The monoisotopic (exact) mass is 353 g/mol. The summed E-state index contributed by atoms with van der Waals surface area (Å²) in [5, 5.41) is 3.22. The number of ether oxygens (including phenoxy) is 1. The van der Waals surface area contributed by atoms with E-state index in [1.54, 1.807) is 26.2 Å². The molecule has 0 radical (unpaired) electrons. The van der Waals surface area contributed by atoms with Crippen LogP contribution in [0.2, 0.25) is 0 Å². The third-order valence-electron chi connectivity index (χ3n) is 5.54. The highest BCUT2D eigenvalue weighted by Crippen LogP contribution is 2.44. The van der Waals surface area contributed by atoms with Crippen molar-refractivity contribution in [3.8, 4) is 0 Å². The van der Waals surface area contributed by atoms with E-state index in [1.807, 2.05) is 6.20 Å². The highest BCUT2D eigenvalue weighted by molar-refractivity contribution is 5.55. The van der Waals surface area contributed by atoms with Gasteiger partial charge >= 0.3 is 0 Å². The number of nitrogens with one attached hydrogen (secondary N) is 1. The summed E-state index contributed by atoms with van der Waals surface area (Å²) < 4.78 is 19.2. The lowest BCUT2D eigenvalue weighted by Crippen LogP contribution is -2.21. The van der Waals surface area contributed by atoms with Crippen molar-refractivity contribution in [2.45, 2.75) is 44.9 Å². The number of halogens is 1. The molecule has 0 aliphatic heterocycles. The number of methoxy groups -OCH3 is 1. The molecule has 1 heterocycles. The van der Waals surface area contributed by atoms with Crippen LogP contribution in [-0.2, 0) is 11.2 Å². The Morgan fingerprint density at radius 1 is 1.23 bits per heavy atom. The molecule has 5 heteroatoms. The molecule has 4 nitrogen and oxygen atoms in total. The van der Waals surface area contributed by atoms with E-state index in [2.05, 4.69) is 16.4 Å². The Hall–Kier alpha value is -2.43. The van der Waals surface area contributed by atoms with E-state index in [4.69, 9.17) is 9.72 Å². The third-order valence-corrected chi connectivity index (χ3v) is 5.54. The van der Waals surface area contributed by atoms with Crippen LogP contribution in [0.5, 0.6) is 0 Å². The molecule has 2 aromatic rings. The van der Waals surface area contributed by atoms with Gasteiger partial charge in [0.15, 0.2) is 0 Å². The van der Waals surface area contributed by atoms with Crippen LogP contribution in [0.15, 0.2) is 36.2 Å². The minimum absolute atomic E-state index is 0.210. The number of rotatable bonds is 4. The first-order valence-corrected chi connectivity index (χ1v) is 9.28. The minimum Gasteiger partial charge on any atom is -0.501 e. The molecule has 1 N–H and O–H groups in total. The van der Waals surface area contributed by atoms with Crippen molar-refractivity contribution in [2.75, 3.05) is 12.4 Å². The predicted molar refractivity (Wildman–Crippen MR) is 99.9 cm³/mol. The SMILES string of the molecule is COC1=CCc2cnc(Nc3ccc(F)c(C)c3)nc2C1C1CCCC1. The average Bonchev–Trinajstić information content (AvgIpc) is 3.18. The molecule has 1 aromatic carbocycles. The van der Waals surface area contributed by atoms with Gasteiger partial charge in [-0.25, -0.2) is 14.4 Å². The molecule has 4 rings (SSSR count). The quantitative estimate of drug-likeness (QED) is 0.838. The minimum atomic E-state index is -0.210. The van der Waals surface area contributed by atoms with E-state index < -0.39 is 0 Å². The van der Waals surface area contributed by atoms with Gasteiger partial charge in [-0.3, -0.25) is 0 Å². The molecule has 26 heavy (non-hydrogen) atoms. The Bertz CT molecular complexity index is 843. The summed E-state index contributed by atoms with van der Waals surface area (Å²) in [4.78, 5) is 9.31. The van der Waals surface area contributed by atoms with Crippen molar-refractivity contribution in [1.29, 1.82) is 0 Å². The second-order valence-corrected chi connectivity index (χ2v) is 7.23. The van der Waals surface area contributed by atoms with Crippen LogP contribution in [-0.4, -0.2) is 17.1 Å². The van der Waals surface area contributed by atoms with Crippen molar-refractivity contribution in [2.24, 2.45) is 5.92 Å². The highest BCUT2D eigenvalue weighted by Gasteiger charge is 2.35. The molecule has 2 aliphatic carbocycles. The van der Waals surface area contributed by atoms with Crippen LogP contribution >= 0.6 is 0 Å². The number of aryl methyl sites for hydroxylation is 1. The van der Waals surface area contributed by atoms with Crippen molar-refractivity contribution in [1.82, 2.24) is 9.97 Å². The number of allylic oxidation sites excluding steroid dienone is 2. The summed E-state index contributed by atoms with van der Waals surface area (Å²) in [6, 6.07) is 4.94.